The Balaban J connectivity index is 2.38. The molecule has 1 aromatic carbocycles. The van der Waals surface area contributed by atoms with E-state index in [0.717, 1.165) is 42.7 Å². The number of aromatic nitrogens is 2. The van der Waals surface area contributed by atoms with Gasteiger partial charge in [0.2, 0.25) is 0 Å². The third-order valence-corrected chi connectivity index (χ3v) is 3.79. The minimum absolute atomic E-state index is 0.0579. The highest BCUT2D eigenvalue weighted by molar-refractivity contribution is 6.31. The summed E-state index contributed by atoms with van der Waals surface area (Å²) >= 11 is 6.04. The Morgan fingerprint density at radius 3 is 2.94 bits per heavy atom. The van der Waals surface area contributed by atoms with Gasteiger partial charge in [0.15, 0.2) is 0 Å². The average Bonchev–Trinajstić information content (AvgIpc) is 2.56. The summed E-state index contributed by atoms with van der Waals surface area (Å²) < 4.78 is 1.82. The highest BCUT2D eigenvalue weighted by Gasteiger charge is 2.14. The normalized spacial score (nSPS) is 15.4. The van der Waals surface area contributed by atoms with Gasteiger partial charge in [0, 0.05) is 18.0 Å². The van der Waals surface area contributed by atoms with Crippen LogP contribution >= 0.6 is 11.6 Å². The largest absolute Gasteiger partial charge is 0.296 e. The molecule has 3 nitrogen and oxygen atoms in total. The monoisotopic (exact) mass is 262 g/mol. The molecule has 1 aromatic heterocycles. The molecule has 0 fully saturated rings. The third kappa shape index (κ3) is 1.83. The maximum Gasteiger partial charge on any atom is 0.261 e. The van der Waals surface area contributed by atoms with E-state index in [9.17, 15) is 4.79 Å². The van der Waals surface area contributed by atoms with Crippen molar-refractivity contribution in [3.8, 4) is 0 Å². The van der Waals surface area contributed by atoms with E-state index < -0.39 is 0 Å². The fraction of sp³-hybridized carbons (Fsp3) is 0.429. The van der Waals surface area contributed by atoms with E-state index in [-0.39, 0.29) is 5.56 Å². The van der Waals surface area contributed by atoms with E-state index in [1.807, 2.05) is 17.6 Å². The Hall–Kier alpha value is -1.35. The van der Waals surface area contributed by atoms with Gasteiger partial charge < -0.3 is 0 Å². The van der Waals surface area contributed by atoms with Crippen LogP contribution in [0.2, 0.25) is 5.02 Å². The average molecular weight is 263 g/mol. The molecule has 0 bridgehead atoms. The quantitative estimate of drug-likeness (QED) is 0.731. The number of halogens is 1. The first kappa shape index (κ1) is 11.7. The smallest absolute Gasteiger partial charge is 0.261 e. The molecule has 0 unspecified atom stereocenters. The number of rotatable bonds is 0. The molecule has 18 heavy (non-hydrogen) atoms. The van der Waals surface area contributed by atoms with E-state index in [1.54, 1.807) is 6.07 Å². The fourth-order valence-electron chi connectivity index (χ4n) is 2.65. The van der Waals surface area contributed by atoms with Gasteiger partial charge in [0.1, 0.15) is 5.82 Å². The van der Waals surface area contributed by atoms with Gasteiger partial charge in [-0.3, -0.25) is 9.36 Å². The lowest BCUT2D eigenvalue weighted by Gasteiger charge is -2.11. The Bertz CT molecular complexity index is 676. The van der Waals surface area contributed by atoms with Crippen molar-refractivity contribution in [3.63, 3.8) is 0 Å². The van der Waals surface area contributed by atoms with Crippen molar-refractivity contribution in [2.24, 2.45) is 0 Å². The van der Waals surface area contributed by atoms with Crippen LogP contribution < -0.4 is 5.56 Å². The van der Waals surface area contributed by atoms with Crippen molar-refractivity contribution in [2.75, 3.05) is 0 Å². The molecule has 0 saturated heterocycles. The maximum absolute atomic E-state index is 12.5. The van der Waals surface area contributed by atoms with Gasteiger partial charge in [0.25, 0.3) is 5.56 Å². The molecule has 0 N–H and O–H groups in total. The highest BCUT2D eigenvalue weighted by Crippen LogP contribution is 2.21. The molecule has 3 rings (SSSR count). The molecule has 2 aromatic rings. The second kappa shape index (κ2) is 4.39. The summed E-state index contributed by atoms with van der Waals surface area (Å²) in [6, 6.07) is 3.60. The molecule has 0 atom stereocenters. The van der Waals surface area contributed by atoms with Crippen molar-refractivity contribution in [1.82, 2.24) is 9.55 Å². The first-order valence-electron chi connectivity index (χ1n) is 6.36. The van der Waals surface area contributed by atoms with Gasteiger partial charge in [0.05, 0.1) is 10.9 Å². The lowest BCUT2D eigenvalue weighted by Crippen LogP contribution is -2.24. The van der Waals surface area contributed by atoms with Crippen LogP contribution in [-0.4, -0.2) is 9.55 Å². The molecule has 1 aliphatic heterocycles. The van der Waals surface area contributed by atoms with Crippen LogP contribution in [-0.2, 0) is 13.0 Å². The van der Waals surface area contributed by atoms with E-state index in [1.165, 1.54) is 6.42 Å². The van der Waals surface area contributed by atoms with Crippen LogP contribution in [0.1, 0.15) is 30.7 Å². The minimum atomic E-state index is 0.0579. The lowest BCUT2D eigenvalue weighted by atomic mass is 10.1. The van der Waals surface area contributed by atoms with Crippen molar-refractivity contribution in [3.05, 3.63) is 38.9 Å². The molecular formula is C14H15ClN2O. The van der Waals surface area contributed by atoms with Crippen molar-refractivity contribution in [2.45, 2.75) is 39.2 Å². The van der Waals surface area contributed by atoms with Crippen molar-refractivity contribution >= 4 is 22.5 Å². The van der Waals surface area contributed by atoms with Crippen LogP contribution in [0.15, 0.2) is 16.9 Å². The molecular weight excluding hydrogens is 248 g/mol. The number of benzene rings is 1. The first-order chi connectivity index (χ1) is 8.66. The zero-order chi connectivity index (χ0) is 12.7. The van der Waals surface area contributed by atoms with E-state index in [0.29, 0.717) is 10.4 Å². The topological polar surface area (TPSA) is 34.9 Å². The zero-order valence-electron chi connectivity index (χ0n) is 10.4. The summed E-state index contributed by atoms with van der Waals surface area (Å²) in [7, 11) is 0. The number of hydrogen-bond donors (Lipinski definition) is 0. The molecule has 2 heterocycles. The van der Waals surface area contributed by atoms with Crippen LogP contribution in [0.4, 0.5) is 0 Å². The summed E-state index contributed by atoms with van der Waals surface area (Å²) in [6.45, 7) is 2.73. The van der Waals surface area contributed by atoms with Crippen LogP contribution in [0.25, 0.3) is 10.9 Å². The van der Waals surface area contributed by atoms with Gasteiger partial charge in [-0.1, -0.05) is 18.0 Å². The van der Waals surface area contributed by atoms with Crippen molar-refractivity contribution in [1.29, 1.82) is 0 Å². The summed E-state index contributed by atoms with van der Waals surface area (Å²) in [4.78, 5) is 17.2. The van der Waals surface area contributed by atoms with Crippen LogP contribution in [0, 0.1) is 6.92 Å². The number of hydrogen-bond acceptors (Lipinski definition) is 2. The van der Waals surface area contributed by atoms with Gasteiger partial charge >= 0.3 is 0 Å². The Morgan fingerprint density at radius 1 is 1.28 bits per heavy atom. The van der Waals surface area contributed by atoms with Gasteiger partial charge in [-0.15, -0.1) is 0 Å². The first-order valence-corrected chi connectivity index (χ1v) is 6.74. The standard InChI is InChI=1S/C14H15ClN2O/c1-9-7-10(15)8-11-13(9)16-12-5-3-2-4-6-17(12)14(11)18/h7-8H,2-6H2,1H3. The lowest BCUT2D eigenvalue weighted by molar-refractivity contribution is 0.614. The number of fused-ring (bicyclic) bond motifs is 2. The molecule has 0 saturated carbocycles. The summed E-state index contributed by atoms with van der Waals surface area (Å²) in [5.41, 5.74) is 1.84. The van der Waals surface area contributed by atoms with E-state index in [4.69, 9.17) is 11.6 Å². The van der Waals surface area contributed by atoms with E-state index >= 15 is 0 Å². The SMILES string of the molecule is Cc1cc(Cl)cc2c(=O)n3c(nc12)CCCCC3. The highest BCUT2D eigenvalue weighted by atomic mass is 35.5. The summed E-state index contributed by atoms with van der Waals surface area (Å²) in [5, 5.41) is 1.25. The Kier molecular flexibility index (Phi) is 2.86. The Labute approximate surface area is 110 Å². The molecule has 0 amide bonds. The molecule has 1 aliphatic rings. The number of aryl methyl sites for hydroxylation is 2. The molecule has 0 spiro atoms. The zero-order valence-corrected chi connectivity index (χ0v) is 11.1. The molecule has 0 radical (unpaired) electrons. The second-order valence-corrected chi connectivity index (χ2v) is 5.35. The van der Waals surface area contributed by atoms with Gasteiger partial charge in [-0.2, -0.15) is 0 Å². The summed E-state index contributed by atoms with van der Waals surface area (Å²) in [6.07, 6.45) is 4.23. The van der Waals surface area contributed by atoms with Crippen LogP contribution in [0.5, 0.6) is 0 Å². The van der Waals surface area contributed by atoms with Gasteiger partial charge in [-0.25, -0.2) is 4.98 Å². The number of nitrogens with zero attached hydrogens (tertiary/aromatic N) is 2. The molecule has 0 aliphatic carbocycles. The van der Waals surface area contributed by atoms with E-state index in [2.05, 4.69) is 4.98 Å². The summed E-state index contributed by atoms with van der Waals surface area (Å²) in [5.74, 6) is 0.926. The Morgan fingerprint density at radius 2 is 2.11 bits per heavy atom. The van der Waals surface area contributed by atoms with Gasteiger partial charge in [-0.05, 0) is 37.5 Å². The predicted octanol–water partition coefficient (Wildman–Crippen LogP) is 3.08. The molecule has 94 valence electrons. The third-order valence-electron chi connectivity index (χ3n) is 3.58. The molecule has 4 heteroatoms. The maximum atomic E-state index is 12.5. The fourth-order valence-corrected chi connectivity index (χ4v) is 2.92. The minimum Gasteiger partial charge on any atom is -0.296 e. The second-order valence-electron chi connectivity index (χ2n) is 4.91. The van der Waals surface area contributed by atoms with Crippen molar-refractivity contribution < 1.29 is 0 Å². The van der Waals surface area contributed by atoms with Crippen LogP contribution in [0.3, 0.4) is 0 Å². The predicted molar refractivity (Wildman–Crippen MR) is 73.3 cm³/mol.